The second kappa shape index (κ2) is 7.92. The molecule has 2 rings (SSSR count). The Morgan fingerprint density at radius 2 is 2.10 bits per heavy atom. The van der Waals surface area contributed by atoms with Gasteiger partial charge < -0.3 is 9.47 Å². The summed E-state index contributed by atoms with van der Waals surface area (Å²) in [6.45, 7) is 2.29. The first kappa shape index (κ1) is 16.5. The molecule has 1 N–H and O–H groups in total. The van der Waals surface area contributed by atoms with Gasteiger partial charge in [-0.05, 0) is 24.6 Å². The molecule has 0 unspecified atom stereocenters. The fourth-order valence-corrected chi connectivity index (χ4v) is 1.57. The van der Waals surface area contributed by atoms with Crippen LogP contribution in [0.3, 0.4) is 0 Å². The van der Waals surface area contributed by atoms with Crippen LogP contribution in [-0.4, -0.2) is 22.8 Å². The number of nitrogens with one attached hydrogen (secondary N) is 1. The molecule has 0 saturated carbocycles. The Bertz CT molecular complexity index is 632. The van der Waals surface area contributed by atoms with Gasteiger partial charge in [0.05, 0.1) is 24.4 Å². The SMILES string of the molecule is CCOC(=O)c1cn[nH]c1OCc1ccc(C#N)cc1.Cl. The Labute approximate surface area is 128 Å². The summed E-state index contributed by atoms with van der Waals surface area (Å²) in [5.74, 6) is -0.205. The minimum atomic E-state index is -0.476. The molecular weight excluding hydrogens is 294 g/mol. The van der Waals surface area contributed by atoms with Crippen LogP contribution < -0.4 is 4.74 Å². The molecule has 1 aromatic carbocycles. The van der Waals surface area contributed by atoms with Crippen LogP contribution in [-0.2, 0) is 11.3 Å². The van der Waals surface area contributed by atoms with Crippen LogP contribution in [0.2, 0.25) is 0 Å². The van der Waals surface area contributed by atoms with Crippen LogP contribution in [0.1, 0.15) is 28.4 Å². The maximum atomic E-state index is 11.6. The number of carbonyl (C=O) groups excluding carboxylic acids is 1. The summed E-state index contributed by atoms with van der Waals surface area (Å²) in [6.07, 6.45) is 1.37. The van der Waals surface area contributed by atoms with E-state index in [4.69, 9.17) is 14.7 Å². The number of H-pyrrole nitrogens is 1. The number of rotatable bonds is 5. The molecule has 0 atom stereocenters. The van der Waals surface area contributed by atoms with Crippen molar-refractivity contribution in [3.8, 4) is 11.9 Å². The third-order valence-corrected chi connectivity index (χ3v) is 2.57. The van der Waals surface area contributed by atoms with E-state index in [9.17, 15) is 4.79 Å². The van der Waals surface area contributed by atoms with Crippen LogP contribution in [0.4, 0.5) is 0 Å². The van der Waals surface area contributed by atoms with Crippen LogP contribution in [0.15, 0.2) is 30.5 Å². The van der Waals surface area contributed by atoms with Crippen molar-refractivity contribution in [3.05, 3.63) is 47.2 Å². The monoisotopic (exact) mass is 307 g/mol. The molecule has 1 aromatic heterocycles. The van der Waals surface area contributed by atoms with Gasteiger partial charge in [-0.15, -0.1) is 12.4 Å². The van der Waals surface area contributed by atoms with Crippen LogP contribution in [0, 0.1) is 11.3 Å². The first-order valence-corrected chi connectivity index (χ1v) is 6.07. The number of nitriles is 1. The third-order valence-electron chi connectivity index (χ3n) is 2.57. The number of aromatic amines is 1. The van der Waals surface area contributed by atoms with Gasteiger partial charge >= 0.3 is 5.97 Å². The number of hydrogen-bond acceptors (Lipinski definition) is 5. The molecule has 0 spiro atoms. The Morgan fingerprint density at radius 3 is 2.71 bits per heavy atom. The molecular formula is C14H14ClN3O3. The van der Waals surface area contributed by atoms with E-state index < -0.39 is 5.97 Å². The largest absolute Gasteiger partial charge is 0.472 e. The second-order valence-corrected chi connectivity index (χ2v) is 3.93. The zero-order valence-electron chi connectivity index (χ0n) is 11.3. The van der Waals surface area contributed by atoms with Crippen LogP contribution >= 0.6 is 12.4 Å². The third kappa shape index (κ3) is 4.23. The van der Waals surface area contributed by atoms with Gasteiger partial charge in [-0.2, -0.15) is 10.4 Å². The van der Waals surface area contributed by atoms with Crippen molar-refractivity contribution in [2.75, 3.05) is 6.61 Å². The van der Waals surface area contributed by atoms with Crippen LogP contribution in [0.5, 0.6) is 5.88 Å². The number of halogens is 1. The number of benzene rings is 1. The topological polar surface area (TPSA) is 88.0 Å². The zero-order chi connectivity index (χ0) is 14.4. The first-order valence-electron chi connectivity index (χ1n) is 6.07. The van der Waals surface area contributed by atoms with E-state index in [0.29, 0.717) is 12.2 Å². The lowest BCUT2D eigenvalue weighted by atomic mass is 10.2. The van der Waals surface area contributed by atoms with Gasteiger partial charge in [-0.3, -0.25) is 0 Å². The number of aromatic nitrogens is 2. The highest BCUT2D eigenvalue weighted by Crippen LogP contribution is 2.17. The molecule has 0 aliphatic heterocycles. The number of nitrogens with zero attached hydrogens (tertiary/aromatic N) is 2. The molecule has 0 fully saturated rings. The molecule has 0 amide bonds. The van der Waals surface area contributed by atoms with Crippen molar-refractivity contribution < 1.29 is 14.3 Å². The van der Waals surface area contributed by atoms with Gasteiger partial charge in [0.15, 0.2) is 0 Å². The standard InChI is InChI=1S/C14H13N3O3.ClH/c1-2-19-14(18)12-8-16-17-13(12)20-9-11-5-3-10(7-15)4-6-11;/h3-6,8H,2,9H2,1H3,(H,16,17);1H. The summed E-state index contributed by atoms with van der Waals surface area (Å²) in [6, 6.07) is 9.04. The zero-order valence-corrected chi connectivity index (χ0v) is 12.1. The van der Waals surface area contributed by atoms with Gasteiger partial charge in [0.2, 0.25) is 5.88 Å². The second-order valence-electron chi connectivity index (χ2n) is 3.93. The van der Waals surface area contributed by atoms with Crippen molar-refractivity contribution >= 4 is 18.4 Å². The van der Waals surface area contributed by atoms with Gasteiger partial charge in [-0.1, -0.05) is 12.1 Å². The molecule has 2 aromatic rings. The van der Waals surface area contributed by atoms with Gasteiger partial charge in [-0.25, -0.2) is 9.89 Å². The summed E-state index contributed by atoms with van der Waals surface area (Å²) >= 11 is 0. The van der Waals surface area contributed by atoms with Gasteiger partial charge in [0.25, 0.3) is 0 Å². The van der Waals surface area contributed by atoms with E-state index in [0.717, 1.165) is 5.56 Å². The van der Waals surface area contributed by atoms with E-state index in [-0.39, 0.29) is 30.5 Å². The molecule has 21 heavy (non-hydrogen) atoms. The highest BCUT2D eigenvalue weighted by Gasteiger charge is 2.16. The minimum Gasteiger partial charge on any atom is -0.472 e. The van der Waals surface area contributed by atoms with Crippen molar-refractivity contribution in [3.63, 3.8) is 0 Å². The predicted molar refractivity (Wildman–Crippen MR) is 77.3 cm³/mol. The Hall–Kier alpha value is -2.52. The fraction of sp³-hybridized carbons (Fsp3) is 0.214. The van der Waals surface area contributed by atoms with E-state index in [1.165, 1.54) is 6.20 Å². The molecule has 6 nitrogen and oxygen atoms in total. The minimum absolute atomic E-state index is 0. The molecule has 0 radical (unpaired) electrons. The summed E-state index contributed by atoms with van der Waals surface area (Å²) in [4.78, 5) is 11.6. The lowest BCUT2D eigenvalue weighted by molar-refractivity contribution is 0.0521. The normalized spacial score (nSPS) is 9.33. The Kier molecular flexibility index (Phi) is 6.24. The van der Waals surface area contributed by atoms with Crippen molar-refractivity contribution in [2.45, 2.75) is 13.5 Å². The van der Waals surface area contributed by atoms with E-state index in [1.54, 1.807) is 31.2 Å². The quantitative estimate of drug-likeness (QED) is 0.857. The molecule has 0 saturated heterocycles. The van der Waals surface area contributed by atoms with E-state index >= 15 is 0 Å². The van der Waals surface area contributed by atoms with Gasteiger partial charge in [0, 0.05) is 0 Å². The molecule has 0 aliphatic rings. The lowest BCUT2D eigenvalue weighted by Gasteiger charge is -2.06. The Balaban J connectivity index is 0.00000220. The highest BCUT2D eigenvalue weighted by atomic mass is 35.5. The number of esters is 1. The summed E-state index contributed by atoms with van der Waals surface area (Å²) in [7, 11) is 0. The maximum absolute atomic E-state index is 11.6. The van der Waals surface area contributed by atoms with E-state index in [2.05, 4.69) is 10.2 Å². The van der Waals surface area contributed by atoms with Crippen LogP contribution in [0.25, 0.3) is 0 Å². The number of hydrogen-bond donors (Lipinski definition) is 1. The van der Waals surface area contributed by atoms with Crippen molar-refractivity contribution in [1.82, 2.24) is 10.2 Å². The van der Waals surface area contributed by atoms with Crippen molar-refractivity contribution in [1.29, 1.82) is 5.26 Å². The average molecular weight is 308 g/mol. The average Bonchev–Trinajstić information content (AvgIpc) is 2.94. The smallest absolute Gasteiger partial charge is 0.345 e. The molecule has 0 aliphatic carbocycles. The summed E-state index contributed by atoms with van der Waals surface area (Å²) in [5, 5.41) is 15.1. The van der Waals surface area contributed by atoms with E-state index in [1.807, 2.05) is 6.07 Å². The van der Waals surface area contributed by atoms with Crippen molar-refractivity contribution in [2.24, 2.45) is 0 Å². The predicted octanol–water partition coefficient (Wildman–Crippen LogP) is 2.46. The molecule has 110 valence electrons. The first-order chi connectivity index (χ1) is 9.74. The summed E-state index contributed by atoms with van der Waals surface area (Å²) in [5.41, 5.74) is 1.73. The maximum Gasteiger partial charge on any atom is 0.345 e. The summed E-state index contributed by atoms with van der Waals surface area (Å²) < 4.78 is 10.4. The highest BCUT2D eigenvalue weighted by molar-refractivity contribution is 5.91. The Morgan fingerprint density at radius 1 is 1.38 bits per heavy atom. The number of ether oxygens (including phenoxy) is 2. The lowest BCUT2D eigenvalue weighted by Crippen LogP contribution is -2.06. The fourth-order valence-electron chi connectivity index (χ4n) is 1.57. The number of carbonyl (C=O) groups is 1. The molecule has 0 bridgehead atoms. The molecule has 7 heteroatoms. The molecule has 1 heterocycles. The van der Waals surface area contributed by atoms with Gasteiger partial charge in [0.1, 0.15) is 12.2 Å².